The second-order valence-electron chi connectivity index (χ2n) is 4.08. The molecule has 6 heteroatoms. The first-order valence-electron chi connectivity index (χ1n) is 6.16. The summed E-state index contributed by atoms with van der Waals surface area (Å²) in [5, 5.41) is 0. The minimum atomic E-state index is -0.587. The van der Waals surface area contributed by atoms with Crippen molar-refractivity contribution in [3.8, 4) is 0 Å². The van der Waals surface area contributed by atoms with Crippen molar-refractivity contribution in [2.75, 3.05) is 33.9 Å². The quantitative estimate of drug-likeness (QED) is 0.471. The Balaban J connectivity index is 4.30. The molecule has 0 radical (unpaired) electrons. The van der Waals surface area contributed by atoms with E-state index in [-0.39, 0.29) is 12.5 Å². The number of rotatable bonds is 9. The molecule has 0 aliphatic rings. The van der Waals surface area contributed by atoms with E-state index in [1.807, 2.05) is 6.92 Å². The maximum absolute atomic E-state index is 12.0. The third-order valence-corrected chi connectivity index (χ3v) is 2.53. The molecule has 1 atom stereocenters. The standard InChI is InChI=1S/C12H24N2O4/c1-4-7-14(9-11(15)18-3)12(16)10(13)6-5-8-17-2/h10H,4-9,13H2,1-3H3. The first kappa shape index (κ1) is 16.9. The second kappa shape index (κ2) is 9.85. The van der Waals surface area contributed by atoms with Crippen LogP contribution in [-0.4, -0.2) is 56.7 Å². The van der Waals surface area contributed by atoms with Crippen LogP contribution in [0.25, 0.3) is 0 Å². The largest absolute Gasteiger partial charge is 0.468 e. The Morgan fingerprint density at radius 2 is 2.00 bits per heavy atom. The van der Waals surface area contributed by atoms with Crippen LogP contribution in [0.4, 0.5) is 0 Å². The molecule has 1 amide bonds. The van der Waals surface area contributed by atoms with E-state index in [1.165, 1.54) is 12.0 Å². The van der Waals surface area contributed by atoms with Crippen LogP contribution in [0, 0.1) is 0 Å². The van der Waals surface area contributed by atoms with Crippen LogP contribution in [0.15, 0.2) is 0 Å². The highest BCUT2D eigenvalue weighted by Crippen LogP contribution is 2.02. The number of nitrogens with zero attached hydrogens (tertiary/aromatic N) is 1. The summed E-state index contributed by atoms with van der Waals surface area (Å²) in [7, 11) is 2.91. The SMILES string of the molecule is CCCN(CC(=O)OC)C(=O)C(N)CCCOC. The Morgan fingerprint density at radius 1 is 1.33 bits per heavy atom. The van der Waals surface area contributed by atoms with Crippen molar-refractivity contribution in [2.24, 2.45) is 5.73 Å². The van der Waals surface area contributed by atoms with E-state index in [4.69, 9.17) is 10.5 Å². The van der Waals surface area contributed by atoms with Crippen LogP contribution in [0.3, 0.4) is 0 Å². The third-order valence-electron chi connectivity index (χ3n) is 2.53. The van der Waals surface area contributed by atoms with Gasteiger partial charge >= 0.3 is 5.97 Å². The summed E-state index contributed by atoms with van der Waals surface area (Å²) in [4.78, 5) is 24.7. The summed E-state index contributed by atoms with van der Waals surface area (Å²) in [6, 6.07) is -0.587. The van der Waals surface area contributed by atoms with Crippen LogP contribution >= 0.6 is 0 Å². The van der Waals surface area contributed by atoms with Gasteiger partial charge in [-0.05, 0) is 19.3 Å². The zero-order valence-electron chi connectivity index (χ0n) is 11.5. The monoisotopic (exact) mass is 260 g/mol. The number of carbonyl (C=O) groups is 2. The molecule has 1 unspecified atom stereocenters. The second-order valence-corrected chi connectivity index (χ2v) is 4.08. The minimum Gasteiger partial charge on any atom is -0.468 e. The Morgan fingerprint density at radius 3 is 2.50 bits per heavy atom. The fraction of sp³-hybridized carbons (Fsp3) is 0.833. The number of esters is 1. The van der Waals surface area contributed by atoms with E-state index in [0.717, 1.165) is 12.8 Å². The average Bonchev–Trinajstić information content (AvgIpc) is 2.37. The van der Waals surface area contributed by atoms with Crippen molar-refractivity contribution in [3.05, 3.63) is 0 Å². The van der Waals surface area contributed by atoms with Gasteiger partial charge in [0.15, 0.2) is 0 Å². The summed E-state index contributed by atoms with van der Waals surface area (Å²) >= 11 is 0. The summed E-state index contributed by atoms with van der Waals surface area (Å²) in [6.07, 6.45) is 2.04. The highest BCUT2D eigenvalue weighted by molar-refractivity contribution is 5.85. The Hall–Kier alpha value is -1.14. The molecule has 18 heavy (non-hydrogen) atoms. The van der Waals surface area contributed by atoms with Crippen molar-refractivity contribution in [2.45, 2.75) is 32.2 Å². The first-order chi connectivity index (χ1) is 8.56. The lowest BCUT2D eigenvalue weighted by Crippen LogP contribution is -2.46. The average molecular weight is 260 g/mol. The van der Waals surface area contributed by atoms with E-state index in [9.17, 15) is 9.59 Å². The molecule has 0 aliphatic heterocycles. The molecule has 0 rings (SSSR count). The van der Waals surface area contributed by atoms with Crippen molar-refractivity contribution >= 4 is 11.9 Å². The van der Waals surface area contributed by atoms with E-state index in [2.05, 4.69) is 4.74 Å². The molecule has 2 N–H and O–H groups in total. The maximum atomic E-state index is 12.0. The van der Waals surface area contributed by atoms with Gasteiger partial charge in [-0.3, -0.25) is 9.59 Å². The normalized spacial score (nSPS) is 12.0. The van der Waals surface area contributed by atoms with Crippen molar-refractivity contribution in [1.29, 1.82) is 0 Å². The molecule has 106 valence electrons. The van der Waals surface area contributed by atoms with Crippen molar-refractivity contribution in [1.82, 2.24) is 4.90 Å². The molecule has 0 aromatic carbocycles. The van der Waals surface area contributed by atoms with Crippen molar-refractivity contribution in [3.63, 3.8) is 0 Å². The topological polar surface area (TPSA) is 81.9 Å². The zero-order chi connectivity index (χ0) is 14.0. The van der Waals surface area contributed by atoms with Crippen LogP contribution in [-0.2, 0) is 19.1 Å². The van der Waals surface area contributed by atoms with E-state index < -0.39 is 12.0 Å². The van der Waals surface area contributed by atoms with E-state index in [0.29, 0.717) is 19.6 Å². The number of hydrogen-bond acceptors (Lipinski definition) is 5. The smallest absolute Gasteiger partial charge is 0.325 e. The van der Waals surface area contributed by atoms with Gasteiger partial charge in [0.05, 0.1) is 13.2 Å². The fourth-order valence-electron chi connectivity index (χ4n) is 1.56. The van der Waals surface area contributed by atoms with Gasteiger partial charge in [-0.25, -0.2) is 0 Å². The fourth-order valence-corrected chi connectivity index (χ4v) is 1.56. The van der Waals surface area contributed by atoms with Gasteiger partial charge < -0.3 is 20.1 Å². The molecule has 0 fully saturated rings. The lowest BCUT2D eigenvalue weighted by molar-refractivity contribution is -0.147. The number of hydrogen-bond donors (Lipinski definition) is 1. The number of amides is 1. The molecule has 0 bridgehead atoms. The highest BCUT2D eigenvalue weighted by atomic mass is 16.5. The Kier molecular flexibility index (Phi) is 9.22. The Labute approximate surface area is 108 Å². The van der Waals surface area contributed by atoms with Gasteiger partial charge in [-0.15, -0.1) is 0 Å². The number of carbonyl (C=O) groups excluding carboxylic acids is 2. The number of methoxy groups -OCH3 is 2. The van der Waals surface area contributed by atoms with Gasteiger partial charge in [-0.1, -0.05) is 6.92 Å². The van der Waals surface area contributed by atoms with Gasteiger partial charge in [0.2, 0.25) is 5.91 Å². The molecular formula is C12H24N2O4. The summed E-state index contributed by atoms with van der Waals surface area (Å²) in [5.74, 6) is -0.640. The van der Waals surface area contributed by atoms with Gasteiger partial charge in [0.25, 0.3) is 0 Å². The molecule has 0 saturated carbocycles. The lowest BCUT2D eigenvalue weighted by atomic mass is 10.1. The summed E-state index contributed by atoms with van der Waals surface area (Å²) < 4.78 is 9.47. The zero-order valence-corrected chi connectivity index (χ0v) is 11.5. The van der Waals surface area contributed by atoms with Gasteiger partial charge in [-0.2, -0.15) is 0 Å². The number of nitrogens with two attached hydrogens (primary N) is 1. The molecule has 6 nitrogen and oxygen atoms in total. The molecule has 0 heterocycles. The van der Waals surface area contributed by atoms with Crippen LogP contribution < -0.4 is 5.73 Å². The van der Waals surface area contributed by atoms with Crippen LogP contribution in [0.1, 0.15) is 26.2 Å². The van der Waals surface area contributed by atoms with Gasteiger partial charge in [0, 0.05) is 20.3 Å². The lowest BCUT2D eigenvalue weighted by Gasteiger charge is -2.24. The van der Waals surface area contributed by atoms with Gasteiger partial charge in [0.1, 0.15) is 6.54 Å². The highest BCUT2D eigenvalue weighted by Gasteiger charge is 2.22. The van der Waals surface area contributed by atoms with Crippen LogP contribution in [0.5, 0.6) is 0 Å². The van der Waals surface area contributed by atoms with E-state index in [1.54, 1.807) is 7.11 Å². The minimum absolute atomic E-state index is 0.0405. The summed E-state index contributed by atoms with van der Waals surface area (Å²) in [6.45, 7) is 2.98. The predicted molar refractivity (Wildman–Crippen MR) is 68.0 cm³/mol. The summed E-state index contributed by atoms with van der Waals surface area (Å²) in [5.41, 5.74) is 5.81. The third kappa shape index (κ3) is 6.56. The molecule has 0 aliphatic carbocycles. The Bertz CT molecular complexity index is 258. The molecule has 0 spiro atoms. The van der Waals surface area contributed by atoms with Crippen LogP contribution in [0.2, 0.25) is 0 Å². The first-order valence-corrected chi connectivity index (χ1v) is 6.16. The maximum Gasteiger partial charge on any atom is 0.325 e. The van der Waals surface area contributed by atoms with E-state index >= 15 is 0 Å². The number of ether oxygens (including phenoxy) is 2. The predicted octanol–water partition coefficient (Wildman–Crippen LogP) is 0.152. The molecule has 0 aromatic heterocycles. The van der Waals surface area contributed by atoms with Crippen molar-refractivity contribution < 1.29 is 19.1 Å². The molecule has 0 aromatic rings. The molecular weight excluding hydrogens is 236 g/mol. The molecule has 0 saturated heterocycles.